The van der Waals surface area contributed by atoms with Crippen molar-refractivity contribution in [2.75, 3.05) is 10.2 Å². The van der Waals surface area contributed by atoms with E-state index in [-0.39, 0.29) is 17.9 Å². The Labute approximate surface area is 123 Å². The Morgan fingerprint density at radius 1 is 1.24 bits per heavy atom. The van der Waals surface area contributed by atoms with Crippen molar-refractivity contribution in [3.05, 3.63) is 59.9 Å². The summed E-state index contributed by atoms with van der Waals surface area (Å²) in [5.74, 6) is -0.258. The third kappa shape index (κ3) is 2.75. The molecule has 0 fully saturated rings. The number of carbonyl (C=O) groups excluding carboxylic acids is 1. The number of hydrogen-bond donors (Lipinski definition) is 1. The van der Waals surface area contributed by atoms with Crippen molar-refractivity contribution in [3.63, 3.8) is 0 Å². The molecule has 0 saturated heterocycles. The molecule has 0 saturated carbocycles. The molecular formula is C17H17FN2O. The average Bonchev–Trinajstić information content (AvgIpc) is 2.48. The lowest BCUT2D eigenvalue weighted by Crippen LogP contribution is -2.44. The number of halogens is 1. The minimum absolute atomic E-state index is 0.0895. The van der Waals surface area contributed by atoms with E-state index in [4.69, 9.17) is 0 Å². The number of aryl methyl sites for hydroxylation is 1. The molecule has 1 heterocycles. The fourth-order valence-electron chi connectivity index (χ4n) is 2.74. The number of anilines is 2. The molecule has 3 nitrogen and oxygen atoms in total. The molecule has 1 aliphatic rings. The van der Waals surface area contributed by atoms with Gasteiger partial charge in [0.1, 0.15) is 5.82 Å². The monoisotopic (exact) mass is 284 g/mol. The van der Waals surface area contributed by atoms with Crippen molar-refractivity contribution < 1.29 is 9.18 Å². The lowest BCUT2D eigenvalue weighted by molar-refractivity contribution is 0.254. The lowest BCUT2D eigenvalue weighted by atomic mass is 9.97. The molecule has 3 rings (SSSR count). The number of para-hydroxylation sites is 1. The molecule has 4 heteroatoms. The van der Waals surface area contributed by atoms with Gasteiger partial charge >= 0.3 is 6.03 Å². The predicted octanol–water partition coefficient (Wildman–Crippen LogP) is 4.20. The summed E-state index contributed by atoms with van der Waals surface area (Å²) in [6, 6.07) is 13.9. The molecule has 0 bridgehead atoms. The Morgan fingerprint density at radius 3 is 2.76 bits per heavy atom. The van der Waals surface area contributed by atoms with Gasteiger partial charge in [-0.2, -0.15) is 0 Å². The van der Waals surface area contributed by atoms with E-state index < -0.39 is 0 Å². The Morgan fingerprint density at radius 2 is 2.00 bits per heavy atom. The number of fused-ring (bicyclic) bond motifs is 1. The van der Waals surface area contributed by atoms with E-state index in [0.29, 0.717) is 0 Å². The van der Waals surface area contributed by atoms with Crippen molar-refractivity contribution in [2.45, 2.75) is 25.8 Å². The van der Waals surface area contributed by atoms with Crippen molar-refractivity contribution in [1.29, 1.82) is 0 Å². The first-order valence-electron chi connectivity index (χ1n) is 7.09. The van der Waals surface area contributed by atoms with Crippen LogP contribution in [-0.2, 0) is 6.42 Å². The van der Waals surface area contributed by atoms with E-state index in [1.54, 1.807) is 11.0 Å². The maximum atomic E-state index is 13.3. The largest absolute Gasteiger partial charge is 0.326 e. The lowest BCUT2D eigenvalue weighted by Gasteiger charge is -2.35. The molecule has 2 aromatic carbocycles. The molecule has 0 spiro atoms. The van der Waals surface area contributed by atoms with Gasteiger partial charge in [-0.05, 0) is 55.7 Å². The molecule has 0 aliphatic carbocycles. The van der Waals surface area contributed by atoms with Gasteiger partial charge < -0.3 is 5.32 Å². The van der Waals surface area contributed by atoms with E-state index in [9.17, 15) is 9.18 Å². The van der Waals surface area contributed by atoms with Gasteiger partial charge in [0.05, 0.1) is 0 Å². The number of hydrogen-bond acceptors (Lipinski definition) is 1. The number of urea groups is 1. The molecular weight excluding hydrogens is 267 g/mol. The van der Waals surface area contributed by atoms with E-state index >= 15 is 0 Å². The van der Waals surface area contributed by atoms with Crippen LogP contribution in [0.1, 0.15) is 18.9 Å². The molecule has 2 aromatic rings. The molecule has 1 aliphatic heterocycles. The van der Waals surface area contributed by atoms with Crippen LogP contribution in [0.5, 0.6) is 0 Å². The standard InChI is InChI=1S/C17H17FN2O/c1-12-7-8-13-11-14(18)9-10-16(13)20(12)17(21)19-15-5-3-2-4-6-15/h2-6,9-12H,7-8H2,1H3,(H,19,21)/t12-/m0/s1. The topological polar surface area (TPSA) is 32.3 Å². The smallest absolute Gasteiger partial charge is 0.308 e. The molecule has 2 amide bonds. The number of nitrogens with one attached hydrogen (secondary N) is 1. The molecule has 0 aromatic heterocycles. The second kappa shape index (κ2) is 5.56. The number of carbonyl (C=O) groups is 1. The minimum Gasteiger partial charge on any atom is -0.308 e. The molecule has 1 atom stereocenters. The Hall–Kier alpha value is -2.36. The first kappa shape index (κ1) is 13.6. The van der Waals surface area contributed by atoms with Crippen LogP contribution in [-0.4, -0.2) is 12.1 Å². The quantitative estimate of drug-likeness (QED) is 0.836. The number of benzene rings is 2. The Bertz CT molecular complexity index is 657. The summed E-state index contributed by atoms with van der Waals surface area (Å²) in [5.41, 5.74) is 2.43. The summed E-state index contributed by atoms with van der Waals surface area (Å²) in [6.45, 7) is 2.01. The first-order valence-corrected chi connectivity index (χ1v) is 7.09. The van der Waals surface area contributed by atoms with E-state index in [0.717, 1.165) is 29.8 Å². The maximum Gasteiger partial charge on any atom is 0.326 e. The molecule has 1 N–H and O–H groups in total. The highest BCUT2D eigenvalue weighted by Crippen LogP contribution is 2.31. The summed E-state index contributed by atoms with van der Waals surface area (Å²) in [6.07, 6.45) is 1.63. The second-order valence-corrected chi connectivity index (χ2v) is 5.33. The molecule has 0 unspecified atom stereocenters. The van der Waals surface area contributed by atoms with Crippen molar-refractivity contribution in [2.24, 2.45) is 0 Å². The van der Waals surface area contributed by atoms with Crippen LogP contribution in [0.2, 0.25) is 0 Å². The molecule has 21 heavy (non-hydrogen) atoms. The zero-order valence-corrected chi connectivity index (χ0v) is 11.8. The Balaban J connectivity index is 1.89. The molecule has 108 valence electrons. The SMILES string of the molecule is C[C@H]1CCc2cc(F)ccc2N1C(=O)Nc1ccccc1. The van der Waals surface area contributed by atoms with Gasteiger partial charge in [-0.1, -0.05) is 18.2 Å². The number of nitrogens with zero attached hydrogens (tertiary/aromatic N) is 1. The third-order valence-corrected chi connectivity index (χ3v) is 3.82. The predicted molar refractivity (Wildman–Crippen MR) is 82.1 cm³/mol. The summed E-state index contributed by atoms with van der Waals surface area (Å²) in [5, 5.41) is 2.89. The van der Waals surface area contributed by atoms with Gasteiger partial charge in [-0.15, -0.1) is 0 Å². The highest BCUT2D eigenvalue weighted by atomic mass is 19.1. The third-order valence-electron chi connectivity index (χ3n) is 3.82. The van der Waals surface area contributed by atoms with Crippen molar-refractivity contribution in [3.8, 4) is 0 Å². The van der Waals surface area contributed by atoms with E-state index in [2.05, 4.69) is 5.32 Å². The van der Waals surface area contributed by atoms with E-state index in [1.165, 1.54) is 12.1 Å². The molecule has 0 radical (unpaired) electrons. The van der Waals surface area contributed by atoms with Gasteiger partial charge in [-0.25, -0.2) is 9.18 Å². The minimum atomic E-state index is -0.258. The zero-order valence-electron chi connectivity index (χ0n) is 11.8. The summed E-state index contributed by atoms with van der Waals surface area (Å²) >= 11 is 0. The van der Waals surface area contributed by atoms with Crippen molar-refractivity contribution in [1.82, 2.24) is 0 Å². The van der Waals surface area contributed by atoms with Gasteiger partial charge in [-0.3, -0.25) is 4.90 Å². The summed E-state index contributed by atoms with van der Waals surface area (Å²) < 4.78 is 13.3. The highest BCUT2D eigenvalue weighted by Gasteiger charge is 2.28. The van der Waals surface area contributed by atoms with Crippen LogP contribution in [0, 0.1) is 5.82 Å². The van der Waals surface area contributed by atoms with Gasteiger partial charge in [0.15, 0.2) is 0 Å². The van der Waals surface area contributed by atoms with Gasteiger partial charge in [0.25, 0.3) is 0 Å². The second-order valence-electron chi connectivity index (χ2n) is 5.33. The van der Waals surface area contributed by atoms with Crippen LogP contribution in [0.4, 0.5) is 20.6 Å². The van der Waals surface area contributed by atoms with Crippen LogP contribution in [0.25, 0.3) is 0 Å². The fraction of sp³-hybridized carbons (Fsp3) is 0.235. The zero-order chi connectivity index (χ0) is 14.8. The highest BCUT2D eigenvalue weighted by molar-refractivity contribution is 6.02. The number of amides is 2. The van der Waals surface area contributed by atoms with Crippen LogP contribution >= 0.6 is 0 Å². The van der Waals surface area contributed by atoms with E-state index in [1.807, 2.05) is 37.3 Å². The number of rotatable bonds is 1. The van der Waals surface area contributed by atoms with Crippen molar-refractivity contribution >= 4 is 17.4 Å². The van der Waals surface area contributed by atoms with Crippen LogP contribution in [0.3, 0.4) is 0 Å². The van der Waals surface area contributed by atoms with Gasteiger partial charge in [0, 0.05) is 17.4 Å². The summed E-state index contributed by atoms with van der Waals surface area (Å²) in [4.78, 5) is 14.3. The van der Waals surface area contributed by atoms with Gasteiger partial charge in [0.2, 0.25) is 0 Å². The first-order chi connectivity index (χ1) is 10.1. The van der Waals surface area contributed by atoms with Crippen LogP contribution < -0.4 is 10.2 Å². The summed E-state index contributed by atoms with van der Waals surface area (Å²) in [7, 11) is 0. The fourth-order valence-corrected chi connectivity index (χ4v) is 2.74. The average molecular weight is 284 g/mol. The maximum absolute atomic E-state index is 13.3. The van der Waals surface area contributed by atoms with Crippen LogP contribution in [0.15, 0.2) is 48.5 Å². The normalized spacial score (nSPS) is 17.2. The Kier molecular flexibility index (Phi) is 3.60.